The van der Waals surface area contributed by atoms with Crippen LogP contribution in [0.1, 0.15) is 6.42 Å². The minimum atomic E-state index is -2.77. The molecule has 0 amide bonds. The molecule has 1 aliphatic rings. The van der Waals surface area contributed by atoms with Gasteiger partial charge < -0.3 is 40.6 Å². The highest BCUT2D eigenvalue weighted by Gasteiger charge is 2.53. The molecule has 19 heavy (non-hydrogen) atoms. The van der Waals surface area contributed by atoms with Crippen molar-refractivity contribution in [3.63, 3.8) is 0 Å². The molecule has 10 nitrogen and oxygen atoms in total. The number of nitrogens with one attached hydrogen (secondary N) is 1. The number of ether oxygens (including phenoxy) is 1. The lowest BCUT2D eigenvalue weighted by Crippen LogP contribution is -2.66. The molecule has 0 aromatic heterocycles. The molecule has 1 aliphatic heterocycles. The lowest BCUT2D eigenvalue weighted by molar-refractivity contribution is -0.301. The highest BCUT2D eigenvalue weighted by Crippen LogP contribution is 2.30. The fourth-order valence-electron chi connectivity index (χ4n) is 1.88. The zero-order chi connectivity index (χ0) is 14.8. The van der Waals surface area contributed by atoms with E-state index in [0.717, 1.165) is 0 Å². The number of carboxylic acid groups (broad SMARTS) is 1. The van der Waals surface area contributed by atoms with Crippen LogP contribution in [0.5, 0.6) is 0 Å². The standard InChI is InChI=1S/C9H17NO9/c11-2-4(13)6(14)7-5(10-18)3(12)1-9(17,19-7)8(15)16/h3-7,10-14,17-18H,1-2H2,(H,15,16)/t3-,4+,5+,6+,7+,9?/m0/s1. The van der Waals surface area contributed by atoms with Gasteiger partial charge in [0.05, 0.1) is 18.8 Å². The molecule has 8 N–H and O–H groups in total. The number of carboxylic acids is 1. The van der Waals surface area contributed by atoms with E-state index in [2.05, 4.69) is 0 Å². The van der Waals surface area contributed by atoms with Crippen molar-refractivity contribution in [2.75, 3.05) is 6.61 Å². The van der Waals surface area contributed by atoms with Crippen LogP contribution in [0.2, 0.25) is 0 Å². The Bertz CT molecular complexity index is 327. The molecule has 0 bridgehead atoms. The van der Waals surface area contributed by atoms with Gasteiger partial charge in [0.15, 0.2) is 0 Å². The highest BCUT2D eigenvalue weighted by molar-refractivity contribution is 5.75. The Morgan fingerprint density at radius 3 is 2.47 bits per heavy atom. The van der Waals surface area contributed by atoms with Crippen molar-refractivity contribution in [2.24, 2.45) is 0 Å². The van der Waals surface area contributed by atoms with E-state index in [0.29, 0.717) is 0 Å². The van der Waals surface area contributed by atoms with Crippen LogP contribution in [0.3, 0.4) is 0 Å². The van der Waals surface area contributed by atoms with E-state index < -0.39 is 55.2 Å². The molecule has 1 rings (SSSR count). The summed E-state index contributed by atoms with van der Waals surface area (Å²) in [5, 5.41) is 64.7. The number of aliphatic carboxylic acids is 1. The third kappa shape index (κ3) is 3.19. The van der Waals surface area contributed by atoms with Gasteiger partial charge in [0.25, 0.3) is 5.79 Å². The molecule has 1 saturated heterocycles. The third-order valence-electron chi connectivity index (χ3n) is 2.99. The van der Waals surface area contributed by atoms with E-state index in [1.165, 1.54) is 0 Å². The van der Waals surface area contributed by atoms with E-state index in [1.54, 1.807) is 5.48 Å². The Morgan fingerprint density at radius 1 is 1.47 bits per heavy atom. The van der Waals surface area contributed by atoms with Gasteiger partial charge in [-0.3, -0.25) is 0 Å². The SMILES string of the molecule is O=C(O)C1(O)C[C@H](O)[C@@H](NO)[C@H]([C@H](O)[C@H](O)CO)O1. The summed E-state index contributed by atoms with van der Waals surface area (Å²) < 4.78 is 4.75. The molecular weight excluding hydrogens is 266 g/mol. The zero-order valence-corrected chi connectivity index (χ0v) is 9.75. The predicted molar refractivity (Wildman–Crippen MR) is 55.9 cm³/mol. The average molecular weight is 283 g/mol. The van der Waals surface area contributed by atoms with Crippen molar-refractivity contribution >= 4 is 5.97 Å². The number of aliphatic hydroxyl groups excluding tert-OH is 4. The Labute approximate surface area is 107 Å². The van der Waals surface area contributed by atoms with Gasteiger partial charge in [-0.15, -0.1) is 0 Å². The lowest BCUT2D eigenvalue weighted by Gasteiger charge is -2.43. The smallest absolute Gasteiger partial charge is 0.364 e. The fourth-order valence-corrected chi connectivity index (χ4v) is 1.88. The summed E-state index contributed by atoms with van der Waals surface area (Å²) >= 11 is 0. The van der Waals surface area contributed by atoms with Crippen LogP contribution in [0.4, 0.5) is 0 Å². The largest absolute Gasteiger partial charge is 0.477 e. The monoisotopic (exact) mass is 283 g/mol. The highest BCUT2D eigenvalue weighted by atomic mass is 16.7. The summed E-state index contributed by atoms with van der Waals surface area (Å²) in [5.41, 5.74) is 1.61. The van der Waals surface area contributed by atoms with Crippen molar-refractivity contribution in [3.8, 4) is 0 Å². The Hall–Kier alpha value is -0.850. The maximum absolute atomic E-state index is 10.9. The summed E-state index contributed by atoms with van der Waals surface area (Å²) in [6, 6.07) is -1.35. The molecule has 1 fully saturated rings. The van der Waals surface area contributed by atoms with Crippen LogP contribution < -0.4 is 5.48 Å². The van der Waals surface area contributed by atoms with Crippen molar-refractivity contribution in [3.05, 3.63) is 0 Å². The second-order valence-electron chi connectivity index (χ2n) is 4.34. The van der Waals surface area contributed by atoms with E-state index in [4.69, 9.17) is 20.2 Å². The molecular formula is C9H17NO9. The molecule has 0 spiro atoms. The van der Waals surface area contributed by atoms with Gasteiger partial charge in [-0.05, 0) is 0 Å². The quantitative estimate of drug-likeness (QED) is 0.231. The topological polar surface area (TPSA) is 180 Å². The molecule has 0 aromatic rings. The molecule has 0 radical (unpaired) electrons. The maximum atomic E-state index is 10.9. The molecule has 0 saturated carbocycles. The van der Waals surface area contributed by atoms with E-state index in [1.807, 2.05) is 0 Å². The Balaban J connectivity index is 2.99. The summed E-state index contributed by atoms with van der Waals surface area (Å²) in [6.07, 6.45) is -7.51. The molecule has 112 valence electrons. The van der Waals surface area contributed by atoms with Crippen LogP contribution in [0.25, 0.3) is 0 Å². The second-order valence-corrected chi connectivity index (χ2v) is 4.34. The summed E-state index contributed by atoms with van der Waals surface area (Å²) in [6.45, 7) is -0.860. The van der Waals surface area contributed by atoms with Gasteiger partial charge >= 0.3 is 5.97 Å². The first-order valence-electron chi connectivity index (χ1n) is 5.45. The van der Waals surface area contributed by atoms with Crippen molar-refractivity contribution in [1.82, 2.24) is 5.48 Å². The number of carbonyl (C=O) groups is 1. The molecule has 1 heterocycles. The van der Waals surface area contributed by atoms with Gasteiger partial charge in [-0.25, -0.2) is 4.79 Å². The van der Waals surface area contributed by atoms with Crippen LogP contribution in [-0.2, 0) is 9.53 Å². The number of hydroxylamine groups is 1. The van der Waals surface area contributed by atoms with Crippen molar-refractivity contribution < 1.29 is 45.4 Å². The first kappa shape index (κ1) is 16.2. The van der Waals surface area contributed by atoms with Crippen molar-refractivity contribution in [1.29, 1.82) is 0 Å². The van der Waals surface area contributed by atoms with Gasteiger partial charge in [0, 0.05) is 6.42 Å². The van der Waals surface area contributed by atoms with E-state index >= 15 is 0 Å². The average Bonchev–Trinajstić information content (AvgIpc) is 2.36. The van der Waals surface area contributed by atoms with Gasteiger partial charge in [0.2, 0.25) is 0 Å². The lowest BCUT2D eigenvalue weighted by atomic mass is 9.89. The van der Waals surface area contributed by atoms with Gasteiger partial charge in [0.1, 0.15) is 18.3 Å². The van der Waals surface area contributed by atoms with E-state index in [-0.39, 0.29) is 0 Å². The number of rotatable bonds is 5. The number of aliphatic hydroxyl groups is 5. The summed E-state index contributed by atoms with van der Waals surface area (Å²) in [5.74, 6) is -4.56. The fraction of sp³-hybridized carbons (Fsp3) is 0.889. The predicted octanol–water partition coefficient (Wildman–Crippen LogP) is -4.03. The molecule has 0 aliphatic carbocycles. The number of hydrogen-bond acceptors (Lipinski definition) is 9. The van der Waals surface area contributed by atoms with Gasteiger partial charge in [-0.1, -0.05) is 0 Å². The molecule has 10 heteroatoms. The first-order chi connectivity index (χ1) is 8.76. The molecule has 6 atom stereocenters. The normalized spacial score (nSPS) is 38.7. The second kappa shape index (κ2) is 6.07. The summed E-state index contributed by atoms with van der Waals surface area (Å²) in [4.78, 5) is 10.9. The van der Waals surface area contributed by atoms with Gasteiger partial charge in [-0.2, -0.15) is 5.48 Å². The van der Waals surface area contributed by atoms with Crippen LogP contribution in [0.15, 0.2) is 0 Å². The van der Waals surface area contributed by atoms with Crippen LogP contribution in [-0.4, -0.2) is 84.7 Å². The molecule has 1 unspecified atom stereocenters. The summed E-state index contributed by atoms with van der Waals surface area (Å²) in [7, 11) is 0. The van der Waals surface area contributed by atoms with Crippen LogP contribution >= 0.6 is 0 Å². The molecule has 0 aromatic carbocycles. The minimum Gasteiger partial charge on any atom is -0.477 e. The third-order valence-corrected chi connectivity index (χ3v) is 2.99. The maximum Gasteiger partial charge on any atom is 0.364 e. The number of hydrogen-bond donors (Lipinski definition) is 8. The zero-order valence-electron chi connectivity index (χ0n) is 9.75. The first-order valence-corrected chi connectivity index (χ1v) is 5.45. The Kier molecular flexibility index (Phi) is 5.18. The van der Waals surface area contributed by atoms with E-state index in [9.17, 15) is 25.2 Å². The minimum absolute atomic E-state index is 0.751. The Morgan fingerprint density at radius 2 is 2.05 bits per heavy atom. The van der Waals surface area contributed by atoms with Crippen molar-refractivity contribution in [2.45, 2.75) is 42.7 Å². The van der Waals surface area contributed by atoms with Crippen LogP contribution in [0, 0.1) is 0 Å².